The number of rotatable bonds is 10. The molecule has 1 atom stereocenters. The van der Waals surface area contributed by atoms with Gasteiger partial charge in [0.15, 0.2) is 5.16 Å². The third kappa shape index (κ3) is 5.95. The number of hydrogen-bond donors (Lipinski definition) is 1. The average Bonchev–Trinajstić information content (AvgIpc) is 3.60. The minimum absolute atomic E-state index is 0.106. The minimum atomic E-state index is -0.184. The van der Waals surface area contributed by atoms with Gasteiger partial charge in [-0.05, 0) is 30.2 Å². The van der Waals surface area contributed by atoms with Gasteiger partial charge < -0.3 is 10.1 Å². The van der Waals surface area contributed by atoms with Crippen LogP contribution in [-0.2, 0) is 12.2 Å². The highest BCUT2D eigenvalue weighted by atomic mass is 32.2. The van der Waals surface area contributed by atoms with Crippen molar-refractivity contribution in [2.75, 3.05) is 7.11 Å². The molecule has 0 fully saturated rings. The van der Waals surface area contributed by atoms with Crippen molar-refractivity contribution in [1.29, 1.82) is 0 Å². The van der Waals surface area contributed by atoms with Crippen LogP contribution in [0.5, 0.6) is 5.75 Å². The smallest absolute Gasteiger partial charge is 0.271 e. The highest BCUT2D eigenvalue weighted by molar-refractivity contribution is 7.98. The Hall–Kier alpha value is -3.95. The van der Waals surface area contributed by atoms with E-state index in [1.54, 1.807) is 12.5 Å². The van der Waals surface area contributed by atoms with Crippen molar-refractivity contribution in [3.8, 4) is 11.4 Å². The Kier molecular flexibility index (Phi) is 8.15. The summed E-state index contributed by atoms with van der Waals surface area (Å²) < 4.78 is 7.69. The van der Waals surface area contributed by atoms with Gasteiger partial charge in [0.25, 0.3) is 5.91 Å². The summed E-state index contributed by atoms with van der Waals surface area (Å²) in [6, 6.07) is 27.8. The molecule has 5 aromatic rings. The molecule has 0 aliphatic heterocycles. The van der Waals surface area contributed by atoms with Gasteiger partial charge in [-0.1, -0.05) is 84.6 Å². The number of carbonyl (C=O) groups is 1. The van der Waals surface area contributed by atoms with Crippen molar-refractivity contribution in [3.63, 3.8) is 0 Å². The number of amides is 1. The van der Waals surface area contributed by atoms with Gasteiger partial charge >= 0.3 is 0 Å². The quantitative estimate of drug-likeness (QED) is 0.215. The standard InChI is InChI=1S/C29H27N5O2S2/c1-20(22-13-7-4-8-14-22)30-28(35)23-18-37-27(31-23)19-38-29-33-32-26(17-21-11-5-3-6-12-21)34(29)24-15-9-10-16-25(24)36-2/h3-16,18,20H,17,19H2,1-2H3,(H,30,35). The van der Waals surface area contributed by atoms with Crippen LogP contribution in [0.3, 0.4) is 0 Å². The maximum atomic E-state index is 12.8. The van der Waals surface area contributed by atoms with Crippen molar-refractivity contribution < 1.29 is 9.53 Å². The molecule has 0 saturated carbocycles. The van der Waals surface area contributed by atoms with Crippen LogP contribution >= 0.6 is 23.1 Å². The average molecular weight is 542 g/mol. The van der Waals surface area contributed by atoms with Gasteiger partial charge in [-0.15, -0.1) is 21.5 Å². The van der Waals surface area contributed by atoms with E-state index in [9.17, 15) is 4.79 Å². The van der Waals surface area contributed by atoms with Crippen LogP contribution in [0.2, 0.25) is 0 Å². The number of thioether (sulfide) groups is 1. The van der Waals surface area contributed by atoms with Crippen LogP contribution in [0.15, 0.2) is 95.5 Å². The molecule has 3 aromatic carbocycles. The summed E-state index contributed by atoms with van der Waals surface area (Å²) >= 11 is 3.00. The van der Waals surface area contributed by atoms with E-state index < -0.39 is 0 Å². The predicted octanol–water partition coefficient (Wildman–Crippen LogP) is 6.11. The summed E-state index contributed by atoms with van der Waals surface area (Å²) in [6.07, 6.45) is 0.633. The molecule has 0 radical (unpaired) electrons. The van der Waals surface area contributed by atoms with Gasteiger partial charge in [0, 0.05) is 11.8 Å². The van der Waals surface area contributed by atoms with E-state index >= 15 is 0 Å². The molecular weight excluding hydrogens is 514 g/mol. The zero-order valence-corrected chi connectivity index (χ0v) is 22.7. The van der Waals surface area contributed by atoms with Crippen molar-refractivity contribution >= 4 is 29.0 Å². The fourth-order valence-corrected chi connectivity index (χ4v) is 5.80. The SMILES string of the molecule is COc1ccccc1-n1c(Cc2ccccc2)nnc1SCc1nc(C(=O)NC(C)c2ccccc2)cs1. The highest BCUT2D eigenvalue weighted by Gasteiger charge is 2.19. The molecule has 0 bridgehead atoms. The Balaban J connectivity index is 1.33. The summed E-state index contributed by atoms with van der Waals surface area (Å²) in [5.41, 5.74) is 3.49. The summed E-state index contributed by atoms with van der Waals surface area (Å²) in [5, 5.41) is 15.4. The number of carbonyl (C=O) groups excluding carboxylic acids is 1. The second-order valence-corrected chi connectivity index (χ2v) is 10.5. The number of benzene rings is 3. The molecule has 38 heavy (non-hydrogen) atoms. The summed E-state index contributed by atoms with van der Waals surface area (Å²) in [5.74, 6) is 1.93. The number of thiazole rings is 1. The molecule has 2 heterocycles. The van der Waals surface area contributed by atoms with Crippen molar-refractivity contribution in [3.05, 3.63) is 118 Å². The van der Waals surface area contributed by atoms with Gasteiger partial charge in [0.2, 0.25) is 0 Å². The fraction of sp³-hybridized carbons (Fsp3) is 0.172. The van der Waals surface area contributed by atoms with Crippen LogP contribution in [0.1, 0.15) is 45.4 Å². The third-order valence-corrected chi connectivity index (χ3v) is 7.96. The number of aromatic nitrogens is 4. The molecule has 7 nitrogen and oxygen atoms in total. The maximum absolute atomic E-state index is 12.8. The topological polar surface area (TPSA) is 81.9 Å². The van der Waals surface area contributed by atoms with E-state index in [1.807, 2.05) is 84.3 Å². The Morgan fingerprint density at radius 3 is 2.47 bits per heavy atom. The van der Waals surface area contributed by atoms with Gasteiger partial charge in [-0.2, -0.15) is 0 Å². The number of para-hydroxylation sites is 2. The molecule has 5 rings (SSSR count). The van der Waals surface area contributed by atoms with E-state index in [1.165, 1.54) is 23.1 Å². The molecule has 2 aromatic heterocycles. The maximum Gasteiger partial charge on any atom is 0.271 e. The van der Waals surface area contributed by atoms with E-state index in [4.69, 9.17) is 4.74 Å². The number of nitrogens with one attached hydrogen (secondary N) is 1. The molecule has 1 amide bonds. The molecule has 1 unspecified atom stereocenters. The van der Waals surface area contributed by atoms with E-state index in [0.717, 1.165) is 38.6 Å². The first-order chi connectivity index (χ1) is 18.6. The normalized spacial score (nSPS) is 11.7. The van der Waals surface area contributed by atoms with E-state index in [-0.39, 0.29) is 11.9 Å². The monoisotopic (exact) mass is 541 g/mol. The molecule has 0 saturated heterocycles. The largest absolute Gasteiger partial charge is 0.495 e. The molecule has 0 spiro atoms. The Labute approximate surface area is 229 Å². The lowest BCUT2D eigenvalue weighted by Gasteiger charge is -2.13. The van der Waals surface area contributed by atoms with Gasteiger partial charge in [-0.25, -0.2) is 4.98 Å². The van der Waals surface area contributed by atoms with E-state index in [2.05, 4.69) is 32.6 Å². The van der Waals surface area contributed by atoms with Crippen LogP contribution < -0.4 is 10.1 Å². The Bertz CT molecular complexity index is 1500. The van der Waals surface area contributed by atoms with Crippen LogP contribution in [-0.4, -0.2) is 32.8 Å². The van der Waals surface area contributed by atoms with Crippen molar-refractivity contribution in [1.82, 2.24) is 25.1 Å². The molecule has 0 aliphatic rings. The van der Waals surface area contributed by atoms with Crippen molar-refractivity contribution in [2.45, 2.75) is 30.3 Å². The predicted molar refractivity (Wildman–Crippen MR) is 151 cm³/mol. The first-order valence-corrected chi connectivity index (χ1v) is 14.0. The highest BCUT2D eigenvalue weighted by Crippen LogP contribution is 2.31. The second-order valence-electron chi connectivity index (χ2n) is 8.59. The van der Waals surface area contributed by atoms with Crippen LogP contribution in [0.4, 0.5) is 0 Å². The zero-order valence-electron chi connectivity index (χ0n) is 21.1. The number of nitrogens with zero attached hydrogens (tertiary/aromatic N) is 4. The van der Waals surface area contributed by atoms with Gasteiger partial charge in [0.05, 0.1) is 24.6 Å². The van der Waals surface area contributed by atoms with Gasteiger partial charge in [-0.3, -0.25) is 9.36 Å². The summed E-state index contributed by atoms with van der Waals surface area (Å²) in [6.45, 7) is 1.97. The Morgan fingerprint density at radius 1 is 1.00 bits per heavy atom. The number of hydrogen-bond acceptors (Lipinski definition) is 7. The lowest BCUT2D eigenvalue weighted by atomic mass is 10.1. The molecule has 192 valence electrons. The lowest BCUT2D eigenvalue weighted by molar-refractivity contribution is 0.0935. The first kappa shape index (κ1) is 25.7. The first-order valence-electron chi connectivity index (χ1n) is 12.2. The minimum Gasteiger partial charge on any atom is -0.495 e. The van der Waals surface area contributed by atoms with Crippen molar-refractivity contribution in [2.24, 2.45) is 0 Å². The second kappa shape index (κ2) is 12.1. The Morgan fingerprint density at radius 2 is 1.71 bits per heavy atom. The molecule has 1 N–H and O–H groups in total. The summed E-state index contributed by atoms with van der Waals surface area (Å²) in [4.78, 5) is 17.4. The number of methoxy groups -OCH3 is 1. The third-order valence-electron chi connectivity index (χ3n) is 5.99. The zero-order chi connectivity index (χ0) is 26.3. The van der Waals surface area contributed by atoms with E-state index in [0.29, 0.717) is 17.9 Å². The van der Waals surface area contributed by atoms with Crippen LogP contribution in [0, 0.1) is 0 Å². The molecular formula is C29H27N5O2S2. The molecule has 0 aliphatic carbocycles. The molecule has 9 heteroatoms. The van der Waals surface area contributed by atoms with Crippen LogP contribution in [0.25, 0.3) is 5.69 Å². The fourth-order valence-electron chi connectivity index (χ4n) is 4.05. The number of ether oxygens (including phenoxy) is 1. The lowest BCUT2D eigenvalue weighted by Crippen LogP contribution is -2.26. The summed E-state index contributed by atoms with van der Waals surface area (Å²) in [7, 11) is 1.66. The van der Waals surface area contributed by atoms with Gasteiger partial charge in [0.1, 0.15) is 22.3 Å².